The molecule has 6 nitrogen and oxygen atoms in total. The molecule has 0 aliphatic heterocycles. The van der Waals surface area contributed by atoms with E-state index in [1.807, 2.05) is 18.3 Å². The Morgan fingerprint density at radius 3 is 2.86 bits per heavy atom. The van der Waals surface area contributed by atoms with Gasteiger partial charge in [0, 0.05) is 30.2 Å². The van der Waals surface area contributed by atoms with Crippen LogP contribution in [-0.2, 0) is 11.0 Å². The molecule has 120 valence electrons. The van der Waals surface area contributed by atoms with Gasteiger partial charge in [-0.2, -0.15) is 0 Å². The number of hydrogen-bond donors (Lipinski definition) is 3. The molecule has 3 N–H and O–H groups in total. The first kappa shape index (κ1) is 16.8. The Labute approximate surface area is 129 Å². The quantitative estimate of drug-likeness (QED) is 0.513. The summed E-state index contributed by atoms with van der Waals surface area (Å²) in [5.74, 6) is 0.203. The standard InChI is InChI=1S/C15H21N2O4P/c1-3-9-17(4-2)10-8-12-11-16-13-6-5-7-14(15(12)13)21-22(18,19)20/h3,5-7,11,16H,1,4,8-10H2,2H3,(H2,18,19,20). The minimum Gasteiger partial charge on any atom is -0.404 e. The fourth-order valence-corrected chi connectivity index (χ4v) is 2.87. The number of hydrogen-bond acceptors (Lipinski definition) is 3. The second-order valence-corrected chi connectivity index (χ2v) is 6.17. The zero-order valence-corrected chi connectivity index (χ0v) is 13.4. The SMILES string of the molecule is C=CCN(CC)CCc1c[nH]c2cccc(OP(=O)(O)O)c12. The van der Waals surface area contributed by atoms with Crippen molar-refractivity contribution >= 4 is 18.7 Å². The lowest BCUT2D eigenvalue weighted by Crippen LogP contribution is -2.25. The number of aromatic nitrogens is 1. The van der Waals surface area contributed by atoms with Gasteiger partial charge in [-0.15, -0.1) is 6.58 Å². The molecular weight excluding hydrogens is 303 g/mol. The molecule has 0 bridgehead atoms. The van der Waals surface area contributed by atoms with Gasteiger partial charge in [0.2, 0.25) is 0 Å². The highest BCUT2D eigenvalue weighted by Gasteiger charge is 2.19. The molecule has 0 unspecified atom stereocenters. The van der Waals surface area contributed by atoms with Crippen LogP contribution in [0.5, 0.6) is 5.75 Å². The van der Waals surface area contributed by atoms with Crippen molar-refractivity contribution in [3.63, 3.8) is 0 Å². The van der Waals surface area contributed by atoms with Gasteiger partial charge in [0.25, 0.3) is 0 Å². The van der Waals surface area contributed by atoms with Gasteiger partial charge in [-0.05, 0) is 30.7 Å². The van der Waals surface area contributed by atoms with Crippen molar-refractivity contribution in [1.82, 2.24) is 9.88 Å². The van der Waals surface area contributed by atoms with Crippen LogP contribution in [0.2, 0.25) is 0 Å². The molecule has 1 heterocycles. The maximum atomic E-state index is 11.1. The zero-order valence-electron chi connectivity index (χ0n) is 12.5. The predicted molar refractivity (Wildman–Crippen MR) is 87.0 cm³/mol. The minimum absolute atomic E-state index is 0.203. The van der Waals surface area contributed by atoms with Crippen LogP contribution in [0.25, 0.3) is 10.9 Å². The molecule has 22 heavy (non-hydrogen) atoms. The normalized spacial score (nSPS) is 12.0. The van der Waals surface area contributed by atoms with Crippen LogP contribution in [0.1, 0.15) is 12.5 Å². The Morgan fingerprint density at radius 1 is 1.45 bits per heavy atom. The lowest BCUT2D eigenvalue weighted by Gasteiger charge is -2.18. The summed E-state index contributed by atoms with van der Waals surface area (Å²) in [5, 5.41) is 0.723. The Hall–Kier alpha value is -1.59. The number of fused-ring (bicyclic) bond motifs is 1. The number of phosphoric acid groups is 1. The van der Waals surface area contributed by atoms with Crippen molar-refractivity contribution in [3.05, 3.63) is 42.6 Å². The molecule has 1 aromatic carbocycles. The summed E-state index contributed by atoms with van der Waals surface area (Å²) in [6.07, 6.45) is 4.48. The van der Waals surface area contributed by atoms with Crippen LogP contribution < -0.4 is 4.52 Å². The van der Waals surface area contributed by atoms with Crippen molar-refractivity contribution in [1.29, 1.82) is 0 Å². The van der Waals surface area contributed by atoms with Crippen molar-refractivity contribution in [3.8, 4) is 5.75 Å². The maximum Gasteiger partial charge on any atom is 0.524 e. The molecular formula is C15H21N2O4P. The summed E-state index contributed by atoms with van der Waals surface area (Å²) >= 11 is 0. The highest BCUT2D eigenvalue weighted by atomic mass is 31.2. The summed E-state index contributed by atoms with van der Waals surface area (Å²) < 4.78 is 15.9. The molecule has 0 saturated heterocycles. The molecule has 1 aromatic heterocycles. The van der Waals surface area contributed by atoms with E-state index in [1.54, 1.807) is 12.1 Å². The molecule has 2 rings (SSSR count). The number of nitrogens with one attached hydrogen (secondary N) is 1. The monoisotopic (exact) mass is 324 g/mol. The van der Waals surface area contributed by atoms with E-state index in [-0.39, 0.29) is 5.75 Å². The van der Waals surface area contributed by atoms with Crippen molar-refractivity contribution in [2.75, 3.05) is 19.6 Å². The molecule has 7 heteroatoms. The third kappa shape index (κ3) is 4.21. The minimum atomic E-state index is -4.58. The molecule has 0 aliphatic carbocycles. The Bertz CT molecular complexity index is 692. The second-order valence-electron chi connectivity index (χ2n) is 5.01. The average Bonchev–Trinajstić information content (AvgIpc) is 2.86. The van der Waals surface area contributed by atoms with Crippen LogP contribution >= 0.6 is 7.82 Å². The highest BCUT2D eigenvalue weighted by molar-refractivity contribution is 7.46. The van der Waals surface area contributed by atoms with E-state index in [2.05, 4.69) is 23.4 Å². The van der Waals surface area contributed by atoms with E-state index in [9.17, 15) is 4.57 Å². The molecule has 0 fully saturated rings. The predicted octanol–water partition coefficient (Wildman–Crippen LogP) is 2.69. The van der Waals surface area contributed by atoms with Crippen molar-refractivity contribution < 1.29 is 18.9 Å². The third-order valence-corrected chi connectivity index (χ3v) is 3.93. The molecule has 0 radical (unpaired) electrons. The largest absolute Gasteiger partial charge is 0.524 e. The fourth-order valence-electron chi connectivity index (χ4n) is 2.46. The summed E-state index contributed by atoms with van der Waals surface area (Å²) in [6.45, 7) is 8.39. The Kier molecular flexibility index (Phi) is 5.42. The van der Waals surface area contributed by atoms with E-state index in [4.69, 9.17) is 14.3 Å². The first-order valence-corrected chi connectivity index (χ1v) is 8.65. The fraction of sp³-hybridized carbons (Fsp3) is 0.333. The van der Waals surface area contributed by atoms with Crippen LogP contribution in [0.3, 0.4) is 0 Å². The van der Waals surface area contributed by atoms with Gasteiger partial charge in [-0.25, -0.2) is 4.57 Å². The van der Waals surface area contributed by atoms with E-state index < -0.39 is 7.82 Å². The highest BCUT2D eigenvalue weighted by Crippen LogP contribution is 2.41. The second kappa shape index (κ2) is 7.11. The number of phosphoric ester groups is 1. The lowest BCUT2D eigenvalue weighted by molar-refractivity contribution is 0.284. The average molecular weight is 324 g/mol. The molecule has 0 spiro atoms. The number of likely N-dealkylation sites (N-methyl/N-ethyl adjacent to an activating group) is 1. The lowest BCUT2D eigenvalue weighted by atomic mass is 10.1. The van der Waals surface area contributed by atoms with E-state index in [0.717, 1.165) is 42.5 Å². The van der Waals surface area contributed by atoms with Crippen LogP contribution in [0.4, 0.5) is 0 Å². The van der Waals surface area contributed by atoms with Crippen molar-refractivity contribution in [2.45, 2.75) is 13.3 Å². The molecule has 0 aliphatic rings. The zero-order chi connectivity index (χ0) is 16.2. The third-order valence-electron chi connectivity index (χ3n) is 3.50. The molecule has 0 amide bonds. The van der Waals surface area contributed by atoms with Gasteiger partial charge < -0.3 is 9.51 Å². The van der Waals surface area contributed by atoms with Gasteiger partial charge in [-0.1, -0.05) is 19.1 Å². The van der Waals surface area contributed by atoms with Gasteiger partial charge in [0.15, 0.2) is 0 Å². The summed E-state index contributed by atoms with van der Waals surface area (Å²) in [4.78, 5) is 23.4. The van der Waals surface area contributed by atoms with E-state index in [0.29, 0.717) is 0 Å². The summed E-state index contributed by atoms with van der Waals surface area (Å²) in [5.41, 5.74) is 1.77. The van der Waals surface area contributed by atoms with Gasteiger partial charge >= 0.3 is 7.82 Å². The number of H-pyrrole nitrogens is 1. The van der Waals surface area contributed by atoms with Crippen molar-refractivity contribution in [2.24, 2.45) is 0 Å². The van der Waals surface area contributed by atoms with Gasteiger partial charge in [0.1, 0.15) is 5.75 Å². The summed E-state index contributed by atoms with van der Waals surface area (Å²) in [7, 11) is -4.58. The number of benzene rings is 1. The molecule has 2 aromatic rings. The van der Waals surface area contributed by atoms with Crippen LogP contribution in [-0.4, -0.2) is 39.3 Å². The Balaban J connectivity index is 2.27. The topological polar surface area (TPSA) is 85.8 Å². The molecule has 0 saturated carbocycles. The number of nitrogens with zero attached hydrogens (tertiary/aromatic N) is 1. The number of aromatic amines is 1. The van der Waals surface area contributed by atoms with Gasteiger partial charge in [-0.3, -0.25) is 14.7 Å². The van der Waals surface area contributed by atoms with Crippen LogP contribution in [0.15, 0.2) is 37.1 Å². The smallest absolute Gasteiger partial charge is 0.404 e. The number of rotatable bonds is 8. The maximum absolute atomic E-state index is 11.1. The first-order chi connectivity index (χ1) is 10.4. The Morgan fingerprint density at radius 2 is 2.23 bits per heavy atom. The first-order valence-electron chi connectivity index (χ1n) is 7.12. The molecule has 0 atom stereocenters. The van der Waals surface area contributed by atoms with Gasteiger partial charge in [0.05, 0.1) is 0 Å². The van der Waals surface area contributed by atoms with E-state index >= 15 is 0 Å². The van der Waals surface area contributed by atoms with E-state index in [1.165, 1.54) is 0 Å². The van der Waals surface area contributed by atoms with Crippen LogP contribution in [0, 0.1) is 0 Å². The summed E-state index contributed by atoms with van der Waals surface area (Å²) in [6, 6.07) is 5.12.